The average Bonchev–Trinajstić information content (AvgIpc) is 2.84. The topological polar surface area (TPSA) is 3.24 Å². The van der Waals surface area contributed by atoms with Crippen LogP contribution in [-0.4, -0.2) is 18.0 Å². The van der Waals surface area contributed by atoms with Crippen LogP contribution in [0.1, 0.15) is 12.0 Å². The molecule has 2 atom stereocenters. The van der Waals surface area contributed by atoms with Gasteiger partial charge in [-0.3, -0.25) is 4.90 Å². The lowest BCUT2D eigenvalue weighted by Crippen LogP contribution is -2.24. The molecule has 3 rings (SSSR count). The predicted molar refractivity (Wildman–Crippen MR) is 61.1 cm³/mol. The Morgan fingerprint density at radius 1 is 1.40 bits per heavy atom. The minimum atomic E-state index is 0.259. The Kier molecular flexibility index (Phi) is 1.87. The van der Waals surface area contributed by atoms with Gasteiger partial charge >= 0.3 is 0 Å². The molecule has 0 radical (unpaired) electrons. The van der Waals surface area contributed by atoms with E-state index < -0.39 is 0 Å². The molecule has 0 aromatic heterocycles. The summed E-state index contributed by atoms with van der Waals surface area (Å²) in [6, 6.07) is 10.6. The number of likely N-dealkylation sites (tertiary alicyclic amines) is 1. The van der Waals surface area contributed by atoms with Gasteiger partial charge in [0.2, 0.25) is 0 Å². The number of terminal acetylenes is 1. The molecule has 0 N–H and O–H groups in total. The quantitative estimate of drug-likeness (QED) is 0.657. The van der Waals surface area contributed by atoms with E-state index in [1.54, 1.807) is 0 Å². The van der Waals surface area contributed by atoms with Crippen molar-refractivity contribution in [1.82, 2.24) is 4.90 Å². The van der Waals surface area contributed by atoms with Crippen molar-refractivity contribution in [1.29, 1.82) is 0 Å². The lowest BCUT2D eigenvalue weighted by Gasteiger charge is -2.18. The molecule has 2 fully saturated rings. The number of nitrogens with zero attached hydrogens (tertiary/aromatic N) is 1. The average molecular weight is 197 g/mol. The molecule has 1 heterocycles. The number of hydrogen-bond donors (Lipinski definition) is 0. The van der Waals surface area contributed by atoms with Crippen LogP contribution in [0.5, 0.6) is 0 Å². The maximum atomic E-state index is 5.59. The molecule has 0 unspecified atom stereocenters. The molecule has 15 heavy (non-hydrogen) atoms. The molecule has 0 spiro atoms. The molecule has 1 aromatic rings. The molecule has 1 aliphatic heterocycles. The SMILES string of the molecule is C#C[C@@]12C[C@@H]1CN(Cc1ccccc1)C2. The molecule has 0 amide bonds. The Bertz CT molecular complexity index is 403. The first kappa shape index (κ1) is 9.00. The fourth-order valence-electron chi connectivity index (χ4n) is 2.77. The molecule has 1 aliphatic carbocycles. The highest BCUT2D eigenvalue weighted by molar-refractivity contribution is 5.26. The lowest BCUT2D eigenvalue weighted by molar-refractivity contribution is 0.287. The van der Waals surface area contributed by atoms with Crippen LogP contribution in [0.3, 0.4) is 0 Å². The van der Waals surface area contributed by atoms with E-state index in [2.05, 4.69) is 41.2 Å². The van der Waals surface area contributed by atoms with Crippen LogP contribution in [0.4, 0.5) is 0 Å². The van der Waals surface area contributed by atoms with Crippen molar-refractivity contribution < 1.29 is 0 Å². The van der Waals surface area contributed by atoms with Gasteiger partial charge in [-0.25, -0.2) is 0 Å². The molecule has 1 saturated carbocycles. The number of fused-ring (bicyclic) bond motifs is 1. The summed E-state index contributed by atoms with van der Waals surface area (Å²) in [5, 5.41) is 0. The summed E-state index contributed by atoms with van der Waals surface area (Å²) in [7, 11) is 0. The van der Waals surface area contributed by atoms with Gasteiger partial charge in [0.15, 0.2) is 0 Å². The molecule has 2 aliphatic rings. The van der Waals surface area contributed by atoms with Gasteiger partial charge in [0, 0.05) is 25.0 Å². The molecule has 76 valence electrons. The van der Waals surface area contributed by atoms with Crippen molar-refractivity contribution in [3.63, 3.8) is 0 Å². The standard InChI is InChI=1S/C14H15N/c1-2-14-8-13(14)10-15(11-14)9-12-6-4-3-5-7-12/h1,3-7,13H,8-11H2/t13-,14+/m1/s1. The number of rotatable bonds is 2. The summed E-state index contributed by atoms with van der Waals surface area (Å²) < 4.78 is 0. The highest BCUT2D eigenvalue weighted by Crippen LogP contribution is 2.57. The van der Waals surface area contributed by atoms with Crippen LogP contribution in [0, 0.1) is 23.7 Å². The van der Waals surface area contributed by atoms with Gasteiger partial charge in [0.05, 0.1) is 0 Å². The van der Waals surface area contributed by atoms with Crippen LogP contribution in [0.2, 0.25) is 0 Å². The van der Waals surface area contributed by atoms with Crippen molar-refractivity contribution in [2.24, 2.45) is 11.3 Å². The highest BCUT2D eigenvalue weighted by atomic mass is 15.2. The summed E-state index contributed by atoms with van der Waals surface area (Å²) in [5.41, 5.74) is 1.65. The second-order valence-corrected chi connectivity index (χ2v) is 4.86. The highest BCUT2D eigenvalue weighted by Gasteiger charge is 2.58. The van der Waals surface area contributed by atoms with Crippen molar-refractivity contribution >= 4 is 0 Å². The maximum Gasteiger partial charge on any atom is 0.0483 e. The minimum Gasteiger partial charge on any atom is -0.297 e. The smallest absolute Gasteiger partial charge is 0.0483 e. The molecule has 1 nitrogen and oxygen atoms in total. The second-order valence-electron chi connectivity index (χ2n) is 4.86. The fourth-order valence-corrected chi connectivity index (χ4v) is 2.77. The zero-order valence-corrected chi connectivity index (χ0v) is 8.82. The largest absolute Gasteiger partial charge is 0.297 e. The summed E-state index contributed by atoms with van der Waals surface area (Å²) in [6.45, 7) is 3.35. The van der Waals surface area contributed by atoms with Gasteiger partial charge in [-0.05, 0) is 17.9 Å². The van der Waals surface area contributed by atoms with Crippen molar-refractivity contribution in [3.05, 3.63) is 35.9 Å². The van der Waals surface area contributed by atoms with Crippen molar-refractivity contribution in [2.75, 3.05) is 13.1 Å². The lowest BCUT2D eigenvalue weighted by atomic mass is 10.1. The van der Waals surface area contributed by atoms with Crippen molar-refractivity contribution in [2.45, 2.75) is 13.0 Å². The summed E-state index contributed by atoms with van der Waals surface area (Å²) in [4.78, 5) is 2.49. The molecule has 1 aromatic carbocycles. The van der Waals surface area contributed by atoms with Gasteiger partial charge in [0.1, 0.15) is 0 Å². The maximum absolute atomic E-state index is 5.59. The number of piperidine rings is 1. The fraction of sp³-hybridized carbons (Fsp3) is 0.429. The second kappa shape index (κ2) is 3.12. The zero-order valence-electron chi connectivity index (χ0n) is 8.82. The van der Waals surface area contributed by atoms with Gasteiger partial charge in [-0.15, -0.1) is 6.42 Å². The zero-order chi connectivity index (χ0) is 10.3. The van der Waals surface area contributed by atoms with Gasteiger partial charge in [0.25, 0.3) is 0 Å². The Labute approximate surface area is 91.1 Å². The third-order valence-corrected chi connectivity index (χ3v) is 3.75. The first-order valence-corrected chi connectivity index (χ1v) is 5.56. The van der Waals surface area contributed by atoms with E-state index >= 15 is 0 Å². The molecule has 1 saturated heterocycles. The summed E-state index contributed by atoms with van der Waals surface area (Å²) >= 11 is 0. The Morgan fingerprint density at radius 2 is 2.20 bits per heavy atom. The minimum absolute atomic E-state index is 0.259. The molecular formula is C14H15N. The van der Waals surface area contributed by atoms with E-state index in [-0.39, 0.29) is 5.41 Å². The van der Waals surface area contributed by atoms with Crippen LogP contribution in [-0.2, 0) is 6.54 Å². The van der Waals surface area contributed by atoms with E-state index in [0.29, 0.717) is 0 Å². The molecular weight excluding hydrogens is 182 g/mol. The Morgan fingerprint density at radius 3 is 2.87 bits per heavy atom. The van der Waals surface area contributed by atoms with Crippen LogP contribution < -0.4 is 0 Å². The van der Waals surface area contributed by atoms with Gasteiger partial charge in [-0.2, -0.15) is 0 Å². The Hall–Kier alpha value is -1.26. The van der Waals surface area contributed by atoms with E-state index in [4.69, 9.17) is 6.42 Å². The first-order valence-electron chi connectivity index (χ1n) is 5.56. The number of hydrogen-bond acceptors (Lipinski definition) is 1. The van der Waals surface area contributed by atoms with E-state index in [0.717, 1.165) is 19.0 Å². The summed E-state index contributed by atoms with van der Waals surface area (Å²) in [6.07, 6.45) is 6.85. The van der Waals surface area contributed by atoms with Gasteiger partial charge < -0.3 is 0 Å². The predicted octanol–water partition coefficient (Wildman–Crippen LogP) is 2.14. The van der Waals surface area contributed by atoms with Crippen LogP contribution in [0.15, 0.2) is 30.3 Å². The van der Waals surface area contributed by atoms with Crippen LogP contribution in [0.25, 0.3) is 0 Å². The van der Waals surface area contributed by atoms with E-state index in [1.807, 2.05) is 0 Å². The van der Waals surface area contributed by atoms with E-state index in [9.17, 15) is 0 Å². The normalized spacial score (nSPS) is 33.4. The molecule has 0 bridgehead atoms. The van der Waals surface area contributed by atoms with Gasteiger partial charge in [-0.1, -0.05) is 36.3 Å². The van der Waals surface area contributed by atoms with Crippen LogP contribution >= 0.6 is 0 Å². The van der Waals surface area contributed by atoms with E-state index in [1.165, 1.54) is 18.5 Å². The molecule has 1 heteroatoms. The first-order chi connectivity index (χ1) is 7.32. The number of benzene rings is 1. The third kappa shape index (κ3) is 1.46. The monoisotopic (exact) mass is 197 g/mol. The summed E-state index contributed by atoms with van der Waals surface area (Å²) in [5.74, 6) is 3.77. The third-order valence-electron chi connectivity index (χ3n) is 3.75. The van der Waals surface area contributed by atoms with Crippen molar-refractivity contribution in [3.8, 4) is 12.3 Å². The Balaban J connectivity index is 1.66.